The van der Waals surface area contributed by atoms with Crippen molar-refractivity contribution in [2.24, 2.45) is 28.6 Å². The molecule has 4 aliphatic carbocycles. The van der Waals surface area contributed by atoms with Gasteiger partial charge >= 0.3 is 5.97 Å². The molecule has 1 aromatic heterocycles. The van der Waals surface area contributed by atoms with Crippen molar-refractivity contribution < 1.29 is 33.1 Å². The van der Waals surface area contributed by atoms with Crippen molar-refractivity contribution in [1.29, 1.82) is 0 Å². The average Bonchev–Trinajstić information content (AvgIpc) is 3.70. The van der Waals surface area contributed by atoms with Crippen molar-refractivity contribution in [3.8, 4) is 0 Å². The summed E-state index contributed by atoms with van der Waals surface area (Å²) in [5, 5.41) is 17.8. The molecule has 2 unspecified atom stereocenters. The molecule has 7 rings (SSSR count). The number of hydroxylamine groups is 2. The Bertz CT molecular complexity index is 1310. The zero-order chi connectivity index (χ0) is 28.8. The maximum atomic E-state index is 17.6. The molecular formula is C31H37F2NO5S2. The third-order valence-corrected chi connectivity index (χ3v) is 13.5. The van der Waals surface area contributed by atoms with E-state index in [0.29, 0.717) is 44.7 Å². The number of thiophene rings is 1. The van der Waals surface area contributed by atoms with E-state index in [-0.39, 0.29) is 47.3 Å². The number of hydrogen-bond acceptors (Lipinski definition) is 8. The monoisotopic (exact) mass is 605 g/mol. The third-order valence-electron chi connectivity index (χ3n) is 11.5. The Labute approximate surface area is 247 Å². The lowest BCUT2D eigenvalue weighted by atomic mass is 9.44. The minimum Gasteiger partial charge on any atom is -0.465 e. The van der Waals surface area contributed by atoms with E-state index in [1.54, 1.807) is 30.0 Å². The lowest BCUT2D eigenvalue weighted by Crippen LogP contribution is -2.69. The van der Waals surface area contributed by atoms with Gasteiger partial charge in [0.15, 0.2) is 11.5 Å². The van der Waals surface area contributed by atoms with Crippen LogP contribution in [0.15, 0.2) is 40.6 Å². The molecule has 1 N–H and O–H groups in total. The summed E-state index contributed by atoms with van der Waals surface area (Å²) in [5.41, 5.74) is -3.45. The predicted octanol–water partition coefficient (Wildman–Crippen LogP) is 5.22. The number of aliphatic hydroxyl groups excluding tert-OH is 1. The minimum atomic E-state index is -2.10. The predicted molar refractivity (Wildman–Crippen MR) is 152 cm³/mol. The van der Waals surface area contributed by atoms with Crippen molar-refractivity contribution in [3.05, 3.63) is 46.2 Å². The van der Waals surface area contributed by atoms with Crippen LogP contribution < -0.4 is 0 Å². The molecule has 0 amide bonds. The highest BCUT2D eigenvalue weighted by atomic mass is 32.2. The van der Waals surface area contributed by atoms with Crippen LogP contribution >= 0.6 is 23.1 Å². The molecule has 2 aliphatic heterocycles. The Morgan fingerprint density at radius 1 is 1.24 bits per heavy atom. The number of fused-ring (bicyclic) bond motifs is 7. The van der Waals surface area contributed by atoms with Gasteiger partial charge in [-0.25, -0.2) is 8.78 Å². The van der Waals surface area contributed by atoms with Crippen molar-refractivity contribution >= 4 is 34.9 Å². The normalized spacial score (nSPS) is 47.0. The van der Waals surface area contributed by atoms with Gasteiger partial charge in [0.1, 0.15) is 17.0 Å². The number of ketones is 1. The molecular weight excluding hydrogens is 568 g/mol. The first-order chi connectivity index (χ1) is 19.5. The van der Waals surface area contributed by atoms with Gasteiger partial charge in [0.05, 0.1) is 12.7 Å². The van der Waals surface area contributed by atoms with Crippen molar-refractivity contribution in [3.63, 3.8) is 0 Å². The maximum absolute atomic E-state index is 17.6. The van der Waals surface area contributed by atoms with E-state index in [9.17, 15) is 14.7 Å². The molecule has 41 heavy (non-hydrogen) atoms. The number of hydrogen-bond donors (Lipinski definition) is 1. The minimum absolute atomic E-state index is 0.0551. The summed E-state index contributed by atoms with van der Waals surface area (Å²) in [6.45, 7) is 5.52. The van der Waals surface area contributed by atoms with Gasteiger partial charge < -0.3 is 9.84 Å². The first-order valence-corrected chi connectivity index (χ1v) is 16.7. The fraction of sp³-hybridized carbons (Fsp3) is 0.677. The van der Waals surface area contributed by atoms with E-state index < -0.39 is 40.3 Å². The molecule has 222 valence electrons. The zero-order valence-corrected chi connectivity index (χ0v) is 25.0. The number of carbonyl (C=O) groups excluding carboxylic acids is 2. The highest BCUT2D eigenvalue weighted by molar-refractivity contribution is 8.00. The van der Waals surface area contributed by atoms with Gasteiger partial charge in [-0.1, -0.05) is 13.0 Å². The summed E-state index contributed by atoms with van der Waals surface area (Å²) < 4.78 is 38.7. The lowest BCUT2D eigenvalue weighted by molar-refractivity contribution is -0.278. The standard InChI is InChI=1S/C31H37F2NO5S2/c1-28-6-3-20(35)12-23(28)24(32)13-22-21-11-19-16-34(15-18-5-9-40-17-18)39-30(19,7-10-41-25-4-8-38-27(25)37)29(21,2)14-26(36)31(22,28)33/h3,5-6,9,12,17,19,21-22,24-26,36H,4,7-8,10-11,13-16H2,1-2H3/t19-,21?,22-,24-,25?,26-,28-,29-,30+,31-/m0/s1. The molecule has 0 spiro atoms. The van der Waals surface area contributed by atoms with E-state index in [1.165, 1.54) is 23.8 Å². The van der Waals surface area contributed by atoms with E-state index in [4.69, 9.17) is 9.57 Å². The number of nitrogens with zero attached hydrogens (tertiary/aromatic N) is 1. The van der Waals surface area contributed by atoms with E-state index in [2.05, 4.69) is 18.4 Å². The van der Waals surface area contributed by atoms with Gasteiger partial charge in [-0.3, -0.25) is 14.4 Å². The molecule has 0 bridgehead atoms. The quantitative estimate of drug-likeness (QED) is 0.446. The fourth-order valence-electron chi connectivity index (χ4n) is 9.55. The molecule has 6 nitrogen and oxygen atoms in total. The smallest absolute Gasteiger partial charge is 0.319 e. The number of thioether (sulfide) groups is 1. The van der Waals surface area contributed by atoms with E-state index in [0.717, 1.165) is 0 Å². The Hall–Kier alpha value is -1.59. The number of cyclic esters (lactones) is 1. The Morgan fingerprint density at radius 3 is 2.80 bits per heavy atom. The molecule has 3 saturated carbocycles. The van der Waals surface area contributed by atoms with Crippen LogP contribution in [0.1, 0.15) is 51.5 Å². The van der Waals surface area contributed by atoms with Crippen LogP contribution in [0.4, 0.5) is 8.78 Å². The van der Waals surface area contributed by atoms with Gasteiger partial charge in [-0.2, -0.15) is 16.4 Å². The van der Waals surface area contributed by atoms with Crippen LogP contribution in [0.25, 0.3) is 0 Å². The van der Waals surface area contributed by atoms with Crippen molar-refractivity contribution in [2.45, 2.75) is 81.3 Å². The van der Waals surface area contributed by atoms with Crippen LogP contribution in [0.2, 0.25) is 0 Å². The molecule has 0 aromatic carbocycles. The summed E-state index contributed by atoms with van der Waals surface area (Å²) in [7, 11) is 0. The molecule has 10 atom stereocenters. The van der Waals surface area contributed by atoms with Crippen LogP contribution in [-0.2, 0) is 25.7 Å². The number of aliphatic hydroxyl groups is 1. The molecule has 1 aromatic rings. The summed E-state index contributed by atoms with van der Waals surface area (Å²) in [6, 6.07) is 2.08. The molecule has 2 saturated heterocycles. The van der Waals surface area contributed by atoms with Crippen LogP contribution in [0.3, 0.4) is 0 Å². The largest absolute Gasteiger partial charge is 0.465 e. The number of carbonyl (C=O) groups is 2. The highest BCUT2D eigenvalue weighted by Crippen LogP contribution is 2.73. The second-order valence-corrected chi connectivity index (χ2v) is 15.4. The summed E-state index contributed by atoms with van der Waals surface area (Å²) >= 11 is 3.23. The fourth-order valence-corrected chi connectivity index (χ4v) is 11.4. The lowest BCUT2D eigenvalue weighted by Gasteiger charge is -2.63. The SMILES string of the molecule is C[C@]12C=CC(=O)C=C1[C@@H](F)C[C@H]1C3C[C@H]4CN(Cc5ccsc5)O[C@@]4(CCSC4CCOC4=O)[C@@]3(C)C[C@H](O)[C@@]12F. The number of esters is 1. The van der Waals surface area contributed by atoms with Crippen LogP contribution in [0, 0.1) is 28.6 Å². The first-order valence-electron chi connectivity index (χ1n) is 14.7. The summed E-state index contributed by atoms with van der Waals surface area (Å²) in [6.07, 6.45) is 3.41. The van der Waals surface area contributed by atoms with Crippen molar-refractivity contribution in [2.75, 3.05) is 18.9 Å². The summed E-state index contributed by atoms with van der Waals surface area (Å²) in [5.74, 6) is -0.683. The maximum Gasteiger partial charge on any atom is 0.319 e. The number of halogens is 2. The molecule has 5 fully saturated rings. The average molecular weight is 606 g/mol. The van der Waals surface area contributed by atoms with Gasteiger partial charge in [-0.15, -0.1) is 11.8 Å². The Kier molecular flexibility index (Phi) is 6.68. The number of alkyl halides is 2. The van der Waals surface area contributed by atoms with Gasteiger partial charge in [0.2, 0.25) is 0 Å². The van der Waals surface area contributed by atoms with Gasteiger partial charge in [-0.05, 0) is 84.4 Å². The Balaban J connectivity index is 1.23. The Morgan fingerprint density at radius 2 is 2.07 bits per heavy atom. The van der Waals surface area contributed by atoms with Crippen LogP contribution in [0.5, 0.6) is 0 Å². The van der Waals surface area contributed by atoms with Gasteiger partial charge in [0, 0.05) is 42.2 Å². The second kappa shape index (κ2) is 9.71. The zero-order valence-electron chi connectivity index (χ0n) is 23.4. The topological polar surface area (TPSA) is 76.1 Å². The molecule has 6 aliphatic rings. The number of ether oxygens (including phenoxy) is 1. The van der Waals surface area contributed by atoms with E-state index in [1.807, 2.05) is 10.4 Å². The first kappa shape index (κ1) is 28.2. The van der Waals surface area contributed by atoms with Gasteiger partial charge in [0.25, 0.3) is 0 Å². The third kappa shape index (κ3) is 3.89. The number of rotatable bonds is 6. The highest BCUT2D eigenvalue weighted by Gasteiger charge is 2.77. The molecule has 10 heteroatoms. The van der Waals surface area contributed by atoms with Crippen LogP contribution in [-0.4, -0.2) is 69.6 Å². The second-order valence-electron chi connectivity index (χ2n) is 13.3. The summed E-state index contributed by atoms with van der Waals surface area (Å²) in [4.78, 5) is 31.3. The number of allylic oxidation sites excluding steroid dienone is 4. The molecule has 3 heterocycles. The van der Waals surface area contributed by atoms with E-state index >= 15 is 8.78 Å². The van der Waals surface area contributed by atoms with Crippen molar-refractivity contribution in [1.82, 2.24) is 5.06 Å². The molecule has 0 radical (unpaired) electrons.